The Hall–Kier alpha value is -3.81. The lowest BCUT2D eigenvalue weighted by atomic mass is 10.1. The van der Waals surface area contributed by atoms with Gasteiger partial charge in [0.05, 0.1) is 5.56 Å². The van der Waals surface area contributed by atoms with E-state index < -0.39 is 18.5 Å². The fourth-order valence-electron chi connectivity index (χ4n) is 2.57. The predicted molar refractivity (Wildman–Crippen MR) is 95.5 cm³/mol. The van der Waals surface area contributed by atoms with E-state index in [1.807, 2.05) is 0 Å². The van der Waals surface area contributed by atoms with Crippen molar-refractivity contribution in [1.29, 1.82) is 0 Å². The molecule has 1 aromatic heterocycles. The Bertz CT molecular complexity index is 968. The van der Waals surface area contributed by atoms with Gasteiger partial charge in [-0.25, -0.2) is 9.78 Å². The third-order valence-electron chi connectivity index (χ3n) is 3.88. The highest BCUT2D eigenvalue weighted by atomic mass is 16.7. The highest BCUT2D eigenvalue weighted by Gasteiger charge is 2.15. The second-order valence-corrected chi connectivity index (χ2v) is 5.71. The van der Waals surface area contributed by atoms with Crippen LogP contribution in [0.4, 0.5) is 5.69 Å². The summed E-state index contributed by atoms with van der Waals surface area (Å²) in [5.41, 5.74) is 1.72. The quantitative estimate of drug-likeness (QED) is 0.674. The maximum Gasteiger partial charge on any atom is 0.338 e. The highest BCUT2D eigenvalue weighted by Crippen LogP contribution is 2.34. The number of anilines is 1. The number of nitrogens with zero attached hydrogens (tertiary/aromatic N) is 1. The van der Waals surface area contributed by atoms with E-state index in [-0.39, 0.29) is 6.79 Å². The van der Waals surface area contributed by atoms with E-state index >= 15 is 0 Å². The van der Waals surface area contributed by atoms with E-state index in [0.717, 1.165) is 5.56 Å². The summed E-state index contributed by atoms with van der Waals surface area (Å²) in [5, 5.41) is 2.64. The fraction of sp³-hybridized carbons (Fsp3) is 0.105. The Balaban J connectivity index is 1.31. The summed E-state index contributed by atoms with van der Waals surface area (Å²) in [6.07, 6.45) is 3.37. The molecule has 0 bridgehead atoms. The van der Waals surface area contributed by atoms with Crippen molar-refractivity contribution < 1.29 is 23.8 Å². The number of amides is 1. The van der Waals surface area contributed by atoms with Gasteiger partial charge in [0, 0.05) is 29.7 Å². The van der Waals surface area contributed by atoms with Crippen molar-refractivity contribution in [2.75, 3.05) is 18.7 Å². The predicted octanol–water partition coefficient (Wildman–Crippen LogP) is 2.60. The number of carbonyl (C=O) groups excluding carboxylic acids is 2. The van der Waals surface area contributed by atoms with Crippen LogP contribution in [0.25, 0.3) is 11.4 Å². The van der Waals surface area contributed by atoms with Gasteiger partial charge in [0.25, 0.3) is 5.91 Å². The number of hydrogen-bond donors (Lipinski definition) is 2. The highest BCUT2D eigenvalue weighted by molar-refractivity contribution is 5.95. The van der Waals surface area contributed by atoms with Crippen LogP contribution < -0.4 is 14.8 Å². The van der Waals surface area contributed by atoms with Gasteiger partial charge in [0.1, 0.15) is 5.82 Å². The Labute approximate surface area is 154 Å². The summed E-state index contributed by atoms with van der Waals surface area (Å²) >= 11 is 0. The van der Waals surface area contributed by atoms with Crippen LogP contribution in [0, 0.1) is 0 Å². The third-order valence-corrected chi connectivity index (χ3v) is 3.88. The first kappa shape index (κ1) is 16.6. The number of H-pyrrole nitrogens is 1. The Morgan fingerprint density at radius 1 is 1.11 bits per heavy atom. The molecule has 0 saturated carbocycles. The van der Waals surface area contributed by atoms with Crippen LogP contribution in [-0.4, -0.2) is 35.2 Å². The first-order valence-corrected chi connectivity index (χ1v) is 8.15. The van der Waals surface area contributed by atoms with Gasteiger partial charge in [-0.05, 0) is 24.3 Å². The number of ether oxygens (including phenoxy) is 3. The summed E-state index contributed by atoms with van der Waals surface area (Å²) in [7, 11) is 0. The monoisotopic (exact) mass is 365 g/mol. The van der Waals surface area contributed by atoms with E-state index in [2.05, 4.69) is 15.3 Å². The second-order valence-electron chi connectivity index (χ2n) is 5.71. The van der Waals surface area contributed by atoms with Gasteiger partial charge < -0.3 is 24.5 Å². The molecule has 0 aliphatic carbocycles. The molecule has 0 fully saturated rings. The molecule has 2 heterocycles. The summed E-state index contributed by atoms with van der Waals surface area (Å²) in [4.78, 5) is 31.2. The summed E-state index contributed by atoms with van der Waals surface area (Å²) in [5.74, 6) is 0.855. The number of aromatic amines is 1. The fourth-order valence-corrected chi connectivity index (χ4v) is 2.57. The third kappa shape index (κ3) is 3.74. The molecule has 8 heteroatoms. The number of carbonyl (C=O) groups is 2. The van der Waals surface area contributed by atoms with Crippen LogP contribution in [0.5, 0.6) is 11.5 Å². The van der Waals surface area contributed by atoms with Crippen molar-refractivity contribution in [1.82, 2.24) is 9.97 Å². The Morgan fingerprint density at radius 3 is 2.70 bits per heavy atom. The van der Waals surface area contributed by atoms with Crippen molar-refractivity contribution in [2.24, 2.45) is 0 Å². The second kappa shape index (κ2) is 7.20. The number of benzene rings is 2. The molecule has 2 aromatic carbocycles. The molecule has 0 spiro atoms. The van der Waals surface area contributed by atoms with E-state index in [4.69, 9.17) is 14.2 Å². The number of aromatic nitrogens is 2. The minimum absolute atomic E-state index is 0.156. The van der Waals surface area contributed by atoms with Crippen molar-refractivity contribution in [3.8, 4) is 22.9 Å². The zero-order chi connectivity index (χ0) is 18.6. The molecule has 8 nitrogen and oxygen atoms in total. The molecule has 1 amide bonds. The average Bonchev–Trinajstić information content (AvgIpc) is 3.37. The van der Waals surface area contributed by atoms with Crippen LogP contribution in [0.1, 0.15) is 10.4 Å². The first-order valence-electron chi connectivity index (χ1n) is 8.15. The SMILES string of the molecule is O=C(COC(=O)c1ccc(-c2ncc[nH]2)cc1)Nc1ccc2c(c1)OCO2. The van der Waals surface area contributed by atoms with Gasteiger partial charge in [-0.3, -0.25) is 4.79 Å². The van der Waals surface area contributed by atoms with Crippen LogP contribution in [-0.2, 0) is 9.53 Å². The topological polar surface area (TPSA) is 103 Å². The van der Waals surface area contributed by atoms with Crippen LogP contribution in [0.15, 0.2) is 54.9 Å². The number of esters is 1. The number of imidazole rings is 1. The molecule has 2 N–H and O–H groups in total. The minimum atomic E-state index is -0.582. The molecule has 1 aliphatic rings. The standard InChI is InChI=1S/C19H15N3O5/c23-17(22-14-5-6-15-16(9-14)27-11-26-15)10-25-19(24)13-3-1-12(2-4-13)18-20-7-8-21-18/h1-9H,10-11H2,(H,20,21)(H,22,23). The smallest absolute Gasteiger partial charge is 0.338 e. The number of nitrogens with one attached hydrogen (secondary N) is 2. The van der Waals surface area contributed by atoms with Gasteiger partial charge >= 0.3 is 5.97 Å². The number of hydrogen-bond acceptors (Lipinski definition) is 6. The Morgan fingerprint density at radius 2 is 1.93 bits per heavy atom. The molecule has 0 radical (unpaired) electrons. The van der Waals surface area contributed by atoms with Gasteiger partial charge in [-0.1, -0.05) is 12.1 Å². The average molecular weight is 365 g/mol. The molecule has 1 aliphatic heterocycles. The van der Waals surface area contributed by atoms with Crippen molar-refractivity contribution in [2.45, 2.75) is 0 Å². The molecular weight excluding hydrogens is 350 g/mol. The zero-order valence-electron chi connectivity index (χ0n) is 14.1. The summed E-state index contributed by atoms with van der Waals surface area (Å²) in [6.45, 7) is -0.240. The normalized spacial score (nSPS) is 11.9. The first-order chi connectivity index (χ1) is 13.2. The lowest BCUT2D eigenvalue weighted by Gasteiger charge is -2.07. The van der Waals surface area contributed by atoms with Gasteiger partial charge in [-0.2, -0.15) is 0 Å². The van der Waals surface area contributed by atoms with Crippen LogP contribution in [0.2, 0.25) is 0 Å². The van der Waals surface area contributed by atoms with Gasteiger partial charge in [0.2, 0.25) is 6.79 Å². The van der Waals surface area contributed by atoms with E-state index in [0.29, 0.717) is 28.6 Å². The molecule has 136 valence electrons. The minimum Gasteiger partial charge on any atom is -0.454 e. The molecule has 0 atom stereocenters. The van der Waals surface area contributed by atoms with Crippen molar-refractivity contribution in [3.63, 3.8) is 0 Å². The molecule has 0 unspecified atom stereocenters. The molecule has 3 aromatic rings. The maximum absolute atomic E-state index is 12.1. The summed E-state index contributed by atoms with van der Waals surface area (Å²) in [6, 6.07) is 11.8. The lowest BCUT2D eigenvalue weighted by molar-refractivity contribution is -0.119. The van der Waals surface area contributed by atoms with E-state index in [9.17, 15) is 9.59 Å². The van der Waals surface area contributed by atoms with Crippen LogP contribution >= 0.6 is 0 Å². The van der Waals surface area contributed by atoms with E-state index in [1.54, 1.807) is 54.9 Å². The van der Waals surface area contributed by atoms with Gasteiger partial charge in [0.15, 0.2) is 18.1 Å². The Kier molecular flexibility index (Phi) is 4.44. The molecule has 0 saturated heterocycles. The zero-order valence-corrected chi connectivity index (χ0v) is 14.1. The molecular formula is C19H15N3O5. The van der Waals surface area contributed by atoms with Gasteiger partial charge in [-0.15, -0.1) is 0 Å². The number of rotatable bonds is 5. The molecule has 4 rings (SSSR count). The van der Waals surface area contributed by atoms with Crippen molar-refractivity contribution >= 4 is 17.6 Å². The number of fused-ring (bicyclic) bond motifs is 1. The van der Waals surface area contributed by atoms with Crippen LogP contribution in [0.3, 0.4) is 0 Å². The summed E-state index contributed by atoms with van der Waals surface area (Å²) < 4.78 is 15.5. The lowest BCUT2D eigenvalue weighted by Crippen LogP contribution is -2.20. The largest absolute Gasteiger partial charge is 0.454 e. The molecule has 27 heavy (non-hydrogen) atoms. The maximum atomic E-state index is 12.1. The van der Waals surface area contributed by atoms with E-state index in [1.165, 1.54) is 0 Å². The van der Waals surface area contributed by atoms with Crippen molar-refractivity contribution in [3.05, 3.63) is 60.4 Å².